The third kappa shape index (κ3) is 6.90. The molecule has 10 nitrogen and oxygen atoms in total. The highest BCUT2D eigenvalue weighted by Gasteiger charge is 2.32. The quantitative estimate of drug-likeness (QED) is 0.277. The van der Waals surface area contributed by atoms with Gasteiger partial charge in [-0.15, -0.1) is 5.10 Å². The Labute approximate surface area is 231 Å². The van der Waals surface area contributed by atoms with Crippen LogP contribution in [0.25, 0.3) is 0 Å². The van der Waals surface area contributed by atoms with Crippen LogP contribution in [0.2, 0.25) is 0 Å². The van der Waals surface area contributed by atoms with E-state index in [1.807, 2.05) is 48.5 Å². The maximum Gasteiger partial charge on any atom is 0.240 e. The van der Waals surface area contributed by atoms with Crippen LogP contribution < -0.4 is 4.72 Å². The highest BCUT2D eigenvalue weighted by molar-refractivity contribution is 7.99. The molecule has 0 aliphatic carbocycles. The van der Waals surface area contributed by atoms with E-state index in [1.165, 1.54) is 11.8 Å². The number of rotatable bonds is 10. The number of hydrogen-bond donors (Lipinski definition) is 2. The van der Waals surface area contributed by atoms with Crippen molar-refractivity contribution in [2.45, 2.75) is 48.1 Å². The molecule has 0 spiro atoms. The van der Waals surface area contributed by atoms with Crippen LogP contribution in [0, 0.1) is 0 Å². The standard InChI is InChI=1S/C27H29N5O5S2/c1-32-27(29-30-31-32)38-18-23-15-25(21-11-9-20(17-33)10-12-21)37-26(36-23)22-13-7-19(8-14-22)16-28-39(34,35)24-5-3-2-4-6-24/h2-14,23,25-26,28,33H,15-18H2,1H3. The molecule has 2 heterocycles. The van der Waals surface area contributed by atoms with Crippen LogP contribution in [0.15, 0.2) is 88.9 Å². The van der Waals surface area contributed by atoms with Gasteiger partial charge in [0.25, 0.3) is 0 Å². The number of sulfonamides is 1. The number of aliphatic hydroxyl groups is 1. The highest BCUT2D eigenvalue weighted by atomic mass is 32.2. The van der Waals surface area contributed by atoms with Gasteiger partial charge in [-0.3, -0.25) is 0 Å². The number of aromatic nitrogens is 4. The minimum Gasteiger partial charge on any atom is -0.392 e. The number of tetrazole rings is 1. The smallest absolute Gasteiger partial charge is 0.240 e. The lowest BCUT2D eigenvalue weighted by molar-refractivity contribution is -0.245. The van der Waals surface area contributed by atoms with E-state index in [1.54, 1.807) is 42.1 Å². The third-order valence-electron chi connectivity index (χ3n) is 6.37. The van der Waals surface area contributed by atoms with Gasteiger partial charge < -0.3 is 14.6 Å². The molecule has 1 fully saturated rings. The fourth-order valence-electron chi connectivity index (χ4n) is 4.19. The first-order valence-electron chi connectivity index (χ1n) is 12.4. The van der Waals surface area contributed by atoms with Gasteiger partial charge in [0.1, 0.15) is 0 Å². The fourth-order valence-corrected chi connectivity index (χ4v) is 6.09. The second-order valence-electron chi connectivity index (χ2n) is 9.13. The van der Waals surface area contributed by atoms with Gasteiger partial charge >= 0.3 is 0 Å². The van der Waals surface area contributed by atoms with E-state index in [4.69, 9.17) is 9.47 Å². The zero-order chi connectivity index (χ0) is 27.2. The molecule has 3 aromatic carbocycles. The summed E-state index contributed by atoms with van der Waals surface area (Å²) in [5, 5.41) is 21.7. The van der Waals surface area contributed by atoms with Gasteiger partial charge in [-0.05, 0) is 39.2 Å². The lowest BCUT2D eigenvalue weighted by Gasteiger charge is -2.36. The molecule has 0 saturated carbocycles. The number of aryl methyl sites for hydroxylation is 1. The van der Waals surface area contributed by atoms with Crippen molar-refractivity contribution in [3.8, 4) is 0 Å². The van der Waals surface area contributed by atoms with Crippen LogP contribution in [0.1, 0.15) is 41.1 Å². The average molecular weight is 568 g/mol. The normalized spacial score (nSPS) is 19.7. The van der Waals surface area contributed by atoms with Crippen LogP contribution in [0.4, 0.5) is 0 Å². The lowest BCUT2D eigenvalue weighted by Crippen LogP contribution is -2.31. The SMILES string of the molecule is Cn1nnnc1SCC1CC(c2ccc(CO)cc2)OC(c2ccc(CNS(=O)(=O)c3ccccc3)cc2)O1. The number of thioether (sulfide) groups is 1. The van der Waals surface area contributed by atoms with Crippen molar-refractivity contribution in [3.63, 3.8) is 0 Å². The van der Waals surface area contributed by atoms with E-state index in [-0.39, 0.29) is 30.3 Å². The molecule has 12 heteroatoms. The average Bonchev–Trinajstić information content (AvgIpc) is 3.40. The molecule has 1 aromatic heterocycles. The largest absolute Gasteiger partial charge is 0.392 e. The third-order valence-corrected chi connectivity index (χ3v) is 8.93. The predicted molar refractivity (Wildman–Crippen MR) is 145 cm³/mol. The molecule has 0 bridgehead atoms. The van der Waals surface area contributed by atoms with Gasteiger partial charge in [-0.1, -0.05) is 78.5 Å². The Morgan fingerprint density at radius 2 is 1.67 bits per heavy atom. The van der Waals surface area contributed by atoms with Crippen molar-refractivity contribution in [2.24, 2.45) is 7.05 Å². The summed E-state index contributed by atoms with van der Waals surface area (Å²) in [5.41, 5.74) is 3.48. The zero-order valence-electron chi connectivity index (χ0n) is 21.3. The van der Waals surface area contributed by atoms with Crippen molar-refractivity contribution < 1.29 is 23.0 Å². The van der Waals surface area contributed by atoms with Crippen molar-refractivity contribution >= 4 is 21.8 Å². The number of ether oxygens (including phenoxy) is 2. The van der Waals surface area contributed by atoms with Gasteiger partial charge in [-0.2, -0.15) is 0 Å². The maximum absolute atomic E-state index is 12.6. The van der Waals surface area contributed by atoms with Crippen LogP contribution in [0.3, 0.4) is 0 Å². The van der Waals surface area contributed by atoms with E-state index in [0.29, 0.717) is 17.3 Å². The summed E-state index contributed by atoms with van der Waals surface area (Å²) in [6, 6.07) is 23.5. The monoisotopic (exact) mass is 567 g/mol. The second kappa shape index (κ2) is 12.4. The topological polar surface area (TPSA) is 128 Å². The molecule has 39 heavy (non-hydrogen) atoms. The first-order valence-corrected chi connectivity index (χ1v) is 14.9. The number of aliphatic hydroxyl groups excluding tert-OH is 1. The Balaban J connectivity index is 1.29. The van der Waals surface area contributed by atoms with Crippen molar-refractivity contribution in [2.75, 3.05) is 5.75 Å². The molecule has 0 radical (unpaired) electrons. The Bertz CT molecular complexity index is 1460. The number of nitrogens with one attached hydrogen (secondary N) is 1. The Morgan fingerprint density at radius 3 is 2.33 bits per heavy atom. The van der Waals surface area contributed by atoms with Crippen molar-refractivity contribution in [3.05, 3.63) is 101 Å². The Kier molecular flexibility index (Phi) is 8.70. The molecular weight excluding hydrogens is 538 g/mol. The summed E-state index contributed by atoms with van der Waals surface area (Å²) in [5.74, 6) is 0.638. The lowest BCUT2D eigenvalue weighted by atomic mass is 10.0. The minimum atomic E-state index is -3.60. The summed E-state index contributed by atoms with van der Waals surface area (Å²) < 4.78 is 42.1. The predicted octanol–water partition coefficient (Wildman–Crippen LogP) is 3.52. The fraction of sp³-hybridized carbons (Fsp3) is 0.296. The molecule has 3 unspecified atom stereocenters. The summed E-state index contributed by atoms with van der Waals surface area (Å²) in [6.45, 7) is 0.144. The molecular formula is C27H29N5O5S2. The molecule has 1 aliphatic rings. The van der Waals surface area contributed by atoms with Crippen molar-refractivity contribution in [1.82, 2.24) is 24.9 Å². The summed E-state index contributed by atoms with van der Waals surface area (Å²) >= 11 is 1.52. The van der Waals surface area contributed by atoms with Crippen molar-refractivity contribution in [1.29, 1.82) is 0 Å². The first kappa shape index (κ1) is 27.4. The Hall–Kier alpha value is -3.13. The summed E-state index contributed by atoms with van der Waals surface area (Å²) in [7, 11) is -1.81. The zero-order valence-corrected chi connectivity index (χ0v) is 22.9. The van der Waals surface area contributed by atoms with E-state index in [0.717, 1.165) is 22.3 Å². The first-order chi connectivity index (χ1) is 18.9. The maximum atomic E-state index is 12.6. The van der Waals surface area contributed by atoms with Gasteiger partial charge in [0.2, 0.25) is 15.2 Å². The summed E-state index contributed by atoms with van der Waals surface area (Å²) in [4.78, 5) is 0.227. The van der Waals surface area contributed by atoms with Crippen LogP contribution in [0.5, 0.6) is 0 Å². The molecule has 4 aromatic rings. The Morgan fingerprint density at radius 1 is 0.974 bits per heavy atom. The number of benzene rings is 3. The van der Waals surface area contributed by atoms with Crippen LogP contribution in [-0.2, 0) is 39.7 Å². The molecule has 2 N–H and O–H groups in total. The van der Waals surface area contributed by atoms with Gasteiger partial charge in [0.15, 0.2) is 6.29 Å². The summed E-state index contributed by atoms with van der Waals surface area (Å²) in [6.07, 6.45) is -0.311. The van der Waals surface area contributed by atoms with Crippen LogP contribution in [-0.4, -0.2) is 45.6 Å². The van der Waals surface area contributed by atoms with E-state index in [9.17, 15) is 13.5 Å². The van der Waals surface area contributed by atoms with Gasteiger partial charge in [0, 0.05) is 31.3 Å². The van der Waals surface area contributed by atoms with Crippen LogP contribution >= 0.6 is 11.8 Å². The van der Waals surface area contributed by atoms with Gasteiger partial charge in [-0.25, -0.2) is 17.8 Å². The molecule has 5 rings (SSSR count). The molecule has 204 valence electrons. The molecule has 1 saturated heterocycles. The molecule has 3 atom stereocenters. The highest BCUT2D eigenvalue weighted by Crippen LogP contribution is 2.39. The minimum absolute atomic E-state index is 0.0175. The van der Waals surface area contributed by atoms with E-state index >= 15 is 0 Å². The molecule has 1 aliphatic heterocycles. The number of hydrogen-bond acceptors (Lipinski definition) is 9. The van der Waals surface area contributed by atoms with E-state index in [2.05, 4.69) is 20.2 Å². The number of nitrogens with zero attached hydrogens (tertiary/aromatic N) is 4. The molecule has 0 amide bonds. The van der Waals surface area contributed by atoms with Gasteiger partial charge in [0.05, 0.1) is 23.7 Å². The van der Waals surface area contributed by atoms with E-state index < -0.39 is 16.3 Å². The second-order valence-corrected chi connectivity index (χ2v) is 11.9.